The third kappa shape index (κ3) is 1.07. The van der Waals surface area contributed by atoms with Crippen molar-refractivity contribution in [3.63, 3.8) is 0 Å². The molecule has 0 aromatic heterocycles. The maximum atomic E-state index is 10.7. The van der Waals surface area contributed by atoms with Gasteiger partial charge in [-0.2, -0.15) is 0 Å². The van der Waals surface area contributed by atoms with E-state index in [1.807, 2.05) is 0 Å². The number of fused-ring (bicyclic) bond motifs is 1. The first-order chi connectivity index (χ1) is 5.25. The molecule has 2 rings (SSSR count). The number of carbonyl (C=O) groups is 1. The van der Waals surface area contributed by atoms with Gasteiger partial charge in [0.2, 0.25) is 0 Å². The second-order valence-electron chi connectivity index (χ2n) is 2.73. The van der Waals surface area contributed by atoms with Crippen LogP contribution >= 0.6 is 0 Å². The Labute approximate surface area is 64.0 Å². The van der Waals surface area contributed by atoms with Gasteiger partial charge in [-0.05, 0) is 17.7 Å². The molecule has 0 spiro atoms. The largest absolute Gasteiger partial charge is 0.454 e. The molecule has 0 saturated heterocycles. The fourth-order valence-electron chi connectivity index (χ4n) is 1.38. The van der Waals surface area contributed by atoms with Gasteiger partial charge in [0.15, 0.2) is 0 Å². The highest BCUT2D eigenvalue weighted by Crippen LogP contribution is 2.26. The van der Waals surface area contributed by atoms with E-state index < -0.39 is 6.10 Å². The first-order valence-corrected chi connectivity index (χ1v) is 3.54. The fraction of sp³-hybridized carbons (Fsp3) is 0.375. The lowest BCUT2D eigenvalue weighted by Crippen LogP contribution is -2.20. The molecular formula is C8H8O3. The van der Waals surface area contributed by atoms with Gasteiger partial charge in [-0.3, -0.25) is 0 Å². The highest BCUT2D eigenvalue weighted by atomic mass is 16.5. The molecule has 2 aliphatic rings. The minimum atomic E-state index is -0.453. The topological polar surface area (TPSA) is 46.5 Å². The first-order valence-electron chi connectivity index (χ1n) is 3.54. The van der Waals surface area contributed by atoms with E-state index in [0.717, 1.165) is 5.57 Å². The third-order valence-electron chi connectivity index (χ3n) is 1.88. The van der Waals surface area contributed by atoms with Crippen LogP contribution in [0.25, 0.3) is 0 Å². The van der Waals surface area contributed by atoms with Gasteiger partial charge in [-0.25, -0.2) is 4.79 Å². The van der Waals surface area contributed by atoms with Crippen molar-refractivity contribution in [2.45, 2.75) is 18.6 Å². The number of aliphatic hydroxyl groups excluding tert-OH is 1. The quantitative estimate of drug-likeness (QED) is 0.503. The Hall–Kier alpha value is -1.09. The molecule has 1 heterocycles. The molecule has 0 bridgehead atoms. The van der Waals surface area contributed by atoms with E-state index in [0.29, 0.717) is 6.42 Å². The molecule has 0 unspecified atom stereocenters. The van der Waals surface area contributed by atoms with E-state index in [1.54, 1.807) is 12.2 Å². The normalized spacial score (nSPS) is 34.6. The Morgan fingerprint density at radius 2 is 2.36 bits per heavy atom. The molecule has 0 aromatic carbocycles. The van der Waals surface area contributed by atoms with E-state index >= 15 is 0 Å². The van der Waals surface area contributed by atoms with E-state index in [9.17, 15) is 4.79 Å². The lowest BCUT2D eigenvalue weighted by molar-refractivity contribution is -0.142. The first kappa shape index (κ1) is 6.61. The van der Waals surface area contributed by atoms with Crippen molar-refractivity contribution in [1.29, 1.82) is 0 Å². The predicted octanol–water partition coefficient (Wildman–Crippen LogP) is 0.159. The minimum absolute atomic E-state index is 0.206. The molecule has 58 valence electrons. The number of aliphatic hydroxyl groups is 1. The maximum absolute atomic E-state index is 10.7. The smallest absolute Gasteiger partial charge is 0.331 e. The van der Waals surface area contributed by atoms with Crippen molar-refractivity contribution in [3.05, 3.63) is 23.8 Å². The van der Waals surface area contributed by atoms with Gasteiger partial charge in [0, 0.05) is 12.5 Å². The van der Waals surface area contributed by atoms with Gasteiger partial charge in [0.25, 0.3) is 0 Å². The standard InChI is InChI=1S/C8H8O3/c9-6-3-5-1-2-8(10)11-7(5)4-6/h1-3,6-7,9H,4H2/t6-,7+/m1/s1. The third-order valence-corrected chi connectivity index (χ3v) is 1.88. The van der Waals surface area contributed by atoms with Crippen molar-refractivity contribution in [2.75, 3.05) is 0 Å². The summed E-state index contributed by atoms with van der Waals surface area (Å²) in [7, 11) is 0. The lowest BCUT2D eigenvalue weighted by atomic mass is 10.1. The summed E-state index contributed by atoms with van der Waals surface area (Å²) in [6.45, 7) is 0. The molecule has 1 N–H and O–H groups in total. The zero-order valence-electron chi connectivity index (χ0n) is 5.86. The summed E-state index contributed by atoms with van der Waals surface area (Å²) in [5.41, 5.74) is 0.914. The molecule has 1 aliphatic heterocycles. The van der Waals surface area contributed by atoms with Gasteiger partial charge < -0.3 is 9.84 Å². The van der Waals surface area contributed by atoms with E-state index in [4.69, 9.17) is 9.84 Å². The zero-order chi connectivity index (χ0) is 7.84. The van der Waals surface area contributed by atoms with Crippen LogP contribution in [0.1, 0.15) is 6.42 Å². The van der Waals surface area contributed by atoms with Gasteiger partial charge in [-0.1, -0.05) is 0 Å². The molecule has 0 fully saturated rings. The van der Waals surface area contributed by atoms with Crippen LogP contribution in [-0.4, -0.2) is 23.3 Å². The summed E-state index contributed by atoms with van der Waals surface area (Å²) in [6, 6.07) is 0. The van der Waals surface area contributed by atoms with Crippen LogP contribution in [0.4, 0.5) is 0 Å². The summed E-state index contributed by atoms with van der Waals surface area (Å²) in [5.74, 6) is -0.318. The number of esters is 1. The molecular weight excluding hydrogens is 144 g/mol. The minimum Gasteiger partial charge on any atom is -0.454 e. The molecule has 0 aromatic rings. The van der Waals surface area contributed by atoms with Crippen molar-refractivity contribution < 1.29 is 14.6 Å². The molecule has 0 radical (unpaired) electrons. The van der Waals surface area contributed by atoms with E-state index in [1.165, 1.54) is 6.08 Å². The van der Waals surface area contributed by atoms with Crippen LogP contribution in [-0.2, 0) is 9.53 Å². The second-order valence-corrected chi connectivity index (χ2v) is 2.73. The number of rotatable bonds is 0. The summed E-state index contributed by atoms with van der Waals surface area (Å²) in [4.78, 5) is 10.7. The molecule has 11 heavy (non-hydrogen) atoms. The van der Waals surface area contributed by atoms with Crippen molar-refractivity contribution in [3.8, 4) is 0 Å². The Balaban J connectivity index is 2.26. The predicted molar refractivity (Wildman–Crippen MR) is 37.7 cm³/mol. The Morgan fingerprint density at radius 1 is 1.55 bits per heavy atom. The lowest BCUT2D eigenvalue weighted by Gasteiger charge is -2.16. The molecule has 3 nitrogen and oxygen atoms in total. The van der Waals surface area contributed by atoms with Crippen LogP contribution < -0.4 is 0 Å². The van der Waals surface area contributed by atoms with Gasteiger partial charge in [0.05, 0.1) is 6.10 Å². The number of hydrogen-bond donors (Lipinski definition) is 1. The van der Waals surface area contributed by atoms with E-state index in [2.05, 4.69) is 0 Å². The summed E-state index contributed by atoms with van der Waals surface area (Å²) in [6.07, 6.45) is 4.64. The van der Waals surface area contributed by atoms with E-state index in [-0.39, 0.29) is 12.1 Å². The van der Waals surface area contributed by atoms with Crippen molar-refractivity contribution in [2.24, 2.45) is 0 Å². The molecule has 0 amide bonds. The highest BCUT2D eigenvalue weighted by Gasteiger charge is 2.28. The molecule has 3 heteroatoms. The average molecular weight is 152 g/mol. The number of hydrogen-bond acceptors (Lipinski definition) is 3. The maximum Gasteiger partial charge on any atom is 0.331 e. The van der Waals surface area contributed by atoms with Crippen LogP contribution in [0.15, 0.2) is 23.8 Å². The van der Waals surface area contributed by atoms with Crippen LogP contribution in [0.5, 0.6) is 0 Å². The summed E-state index contributed by atoms with van der Waals surface area (Å²) < 4.78 is 4.93. The Morgan fingerprint density at radius 3 is 3.18 bits per heavy atom. The van der Waals surface area contributed by atoms with Crippen LogP contribution in [0, 0.1) is 0 Å². The summed E-state index contributed by atoms with van der Waals surface area (Å²) >= 11 is 0. The highest BCUT2D eigenvalue weighted by molar-refractivity contribution is 5.84. The molecule has 2 atom stereocenters. The fourth-order valence-corrected chi connectivity index (χ4v) is 1.38. The van der Waals surface area contributed by atoms with Crippen molar-refractivity contribution in [1.82, 2.24) is 0 Å². The number of ether oxygens (including phenoxy) is 1. The number of carbonyl (C=O) groups excluding carboxylic acids is 1. The Kier molecular flexibility index (Phi) is 1.32. The second kappa shape index (κ2) is 2.20. The monoisotopic (exact) mass is 152 g/mol. The summed E-state index contributed by atoms with van der Waals surface area (Å²) in [5, 5.41) is 9.14. The molecule has 0 saturated carbocycles. The zero-order valence-corrected chi connectivity index (χ0v) is 5.86. The van der Waals surface area contributed by atoms with Crippen LogP contribution in [0.2, 0.25) is 0 Å². The molecule has 1 aliphatic carbocycles. The average Bonchev–Trinajstić information content (AvgIpc) is 2.27. The van der Waals surface area contributed by atoms with Gasteiger partial charge in [-0.15, -0.1) is 0 Å². The van der Waals surface area contributed by atoms with Gasteiger partial charge >= 0.3 is 5.97 Å². The SMILES string of the molecule is O=C1C=CC2=C[C@@H](O)C[C@@H]2O1. The van der Waals surface area contributed by atoms with Crippen molar-refractivity contribution >= 4 is 5.97 Å². The van der Waals surface area contributed by atoms with Crippen LogP contribution in [0.3, 0.4) is 0 Å². The van der Waals surface area contributed by atoms with Gasteiger partial charge in [0.1, 0.15) is 6.10 Å². The Bertz CT molecular complexity index is 252.